The van der Waals surface area contributed by atoms with E-state index in [0.29, 0.717) is 0 Å². The molecule has 0 spiro atoms. The van der Waals surface area contributed by atoms with Gasteiger partial charge in [-0.3, -0.25) is 4.98 Å². The molecule has 2 aromatic heterocycles. The molecule has 0 bridgehead atoms. The highest BCUT2D eigenvalue weighted by Crippen LogP contribution is 2.31. The van der Waals surface area contributed by atoms with Crippen molar-refractivity contribution in [1.82, 2.24) is 9.55 Å². The SMILES string of the molecule is CC(F)n1c2ccccc2c2ccncc21. The molecule has 3 aromatic rings. The Balaban J connectivity index is 2.59. The van der Waals surface area contributed by atoms with Gasteiger partial charge in [-0.1, -0.05) is 18.2 Å². The fourth-order valence-corrected chi connectivity index (χ4v) is 2.23. The maximum Gasteiger partial charge on any atom is 0.173 e. The molecule has 2 heterocycles. The molecular formula is C13H11FN2. The Morgan fingerprint density at radius 2 is 1.88 bits per heavy atom. The van der Waals surface area contributed by atoms with E-state index in [2.05, 4.69) is 4.98 Å². The number of aromatic nitrogens is 2. The first-order valence-electron chi connectivity index (χ1n) is 5.26. The smallest absolute Gasteiger partial charge is 0.173 e. The van der Waals surface area contributed by atoms with Crippen molar-refractivity contribution in [2.24, 2.45) is 0 Å². The highest BCUT2D eigenvalue weighted by Gasteiger charge is 2.13. The van der Waals surface area contributed by atoms with Gasteiger partial charge in [0.15, 0.2) is 6.30 Å². The standard InChI is InChI=1S/C13H11FN2/c1-9(14)16-12-5-3-2-4-10(12)11-6-7-15-8-13(11)16/h2-9H,1H3. The number of alkyl halides is 1. The zero-order valence-corrected chi connectivity index (χ0v) is 8.89. The van der Waals surface area contributed by atoms with Crippen LogP contribution in [-0.4, -0.2) is 9.55 Å². The van der Waals surface area contributed by atoms with Gasteiger partial charge < -0.3 is 4.57 Å². The number of hydrogen-bond donors (Lipinski definition) is 0. The second-order valence-corrected chi connectivity index (χ2v) is 3.85. The largest absolute Gasteiger partial charge is 0.308 e. The van der Waals surface area contributed by atoms with Gasteiger partial charge in [0.2, 0.25) is 0 Å². The summed E-state index contributed by atoms with van der Waals surface area (Å²) in [6, 6.07) is 9.77. The van der Waals surface area contributed by atoms with Gasteiger partial charge in [0.05, 0.1) is 17.2 Å². The van der Waals surface area contributed by atoms with E-state index in [0.717, 1.165) is 21.8 Å². The first-order chi connectivity index (χ1) is 7.79. The van der Waals surface area contributed by atoms with Gasteiger partial charge in [-0.2, -0.15) is 0 Å². The summed E-state index contributed by atoms with van der Waals surface area (Å²) in [6.45, 7) is 1.54. The molecule has 1 aromatic carbocycles. The first kappa shape index (κ1) is 9.33. The van der Waals surface area contributed by atoms with Crippen LogP contribution in [0.4, 0.5) is 4.39 Å². The van der Waals surface area contributed by atoms with Crippen molar-refractivity contribution in [3.63, 3.8) is 0 Å². The summed E-state index contributed by atoms with van der Waals surface area (Å²) in [5.41, 5.74) is 1.76. The minimum atomic E-state index is -1.05. The Labute approximate surface area is 92.3 Å². The van der Waals surface area contributed by atoms with Crippen molar-refractivity contribution >= 4 is 21.8 Å². The molecule has 3 rings (SSSR count). The van der Waals surface area contributed by atoms with Gasteiger partial charge in [-0.05, 0) is 19.1 Å². The van der Waals surface area contributed by atoms with E-state index in [1.165, 1.54) is 0 Å². The molecule has 0 aliphatic carbocycles. The summed E-state index contributed by atoms with van der Waals surface area (Å²) in [5, 5.41) is 2.12. The van der Waals surface area contributed by atoms with Crippen LogP contribution >= 0.6 is 0 Å². The Kier molecular flexibility index (Phi) is 1.93. The number of fused-ring (bicyclic) bond motifs is 3. The van der Waals surface area contributed by atoms with Crippen molar-refractivity contribution < 1.29 is 4.39 Å². The van der Waals surface area contributed by atoms with Crippen molar-refractivity contribution in [3.8, 4) is 0 Å². The molecule has 1 unspecified atom stereocenters. The van der Waals surface area contributed by atoms with Crippen molar-refractivity contribution in [1.29, 1.82) is 0 Å². The highest BCUT2D eigenvalue weighted by molar-refractivity contribution is 6.07. The topological polar surface area (TPSA) is 17.8 Å². The lowest BCUT2D eigenvalue weighted by Crippen LogP contribution is -1.98. The zero-order chi connectivity index (χ0) is 11.1. The lowest BCUT2D eigenvalue weighted by molar-refractivity contribution is 0.282. The summed E-state index contributed by atoms with van der Waals surface area (Å²) in [6.07, 6.45) is 2.40. The van der Waals surface area contributed by atoms with E-state index in [4.69, 9.17) is 0 Å². The number of rotatable bonds is 1. The van der Waals surface area contributed by atoms with Crippen LogP contribution in [-0.2, 0) is 0 Å². The average molecular weight is 214 g/mol. The van der Waals surface area contributed by atoms with Crippen LogP contribution < -0.4 is 0 Å². The fourth-order valence-electron chi connectivity index (χ4n) is 2.23. The number of benzene rings is 1. The predicted octanol–water partition coefficient (Wildman–Crippen LogP) is 3.68. The maximum atomic E-state index is 13.7. The molecule has 80 valence electrons. The van der Waals surface area contributed by atoms with Crippen LogP contribution in [0.5, 0.6) is 0 Å². The van der Waals surface area contributed by atoms with Crippen LogP contribution in [0.15, 0.2) is 42.7 Å². The van der Waals surface area contributed by atoms with Crippen LogP contribution in [0.25, 0.3) is 21.8 Å². The molecule has 0 saturated carbocycles. The zero-order valence-electron chi connectivity index (χ0n) is 8.89. The van der Waals surface area contributed by atoms with Crippen LogP contribution in [0.3, 0.4) is 0 Å². The Morgan fingerprint density at radius 3 is 2.69 bits per heavy atom. The maximum absolute atomic E-state index is 13.7. The van der Waals surface area contributed by atoms with Crippen molar-refractivity contribution in [2.75, 3.05) is 0 Å². The van der Waals surface area contributed by atoms with Gasteiger partial charge in [0, 0.05) is 17.0 Å². The molecule has 0 saturated heterocycles. The number of nitrogens with zero attached hydrogens (tertiary/aromatic N) is 2. The molecular weight excluding hydrogens is 203 g/mol. The Morgan fingerprint density at radius 1 is 1.12 bits per heavy atom. The van der Waals surface area contributed by atoms with E-state index in [1.807, 2.05) is 30.3 Å². The Bertz CT molecular complexity index is 602. The molecule has 0 amide bonds. The normalized spacial score (nSPS) is 13.4. The van der Waals surface area contributed by atoms with E-state index in [1.54, 1.807) is 23.9 Å². The van der Waals surface area contributed by atoms with Crippen LogP contribution in [0.1, 0.15) is 13.2 Å². The second kappa shape index (κ2) is 3.30. The van der Waals surface area contributed by atoms with Gasteiger partial charge >= 0.3 is 0 Å². The molecule has 16 heavy (non-hydrogen) atoms. The summed E-state index contributed by atoms with van der Waals surface area (Å²) in [7, 11) is 0. The number of para-hydroxylation sites is 1. The average Bonchev–Trinajstić information content (AvgIpc) is 2.63. The van der Waals surface area contributed by atoms with E-state index < -0.39 is 6.30 Å². The highest BCUT2D eigenvalue weighted by atomic mass is 19.1. The van der Waals surface area contributed by atoms with Gasteiger partial charge in [0.25, 0.3) is 0 Å². The first-order valence-corrected chi connectivity index (χ1v) is 5.26. The number of hydrogen-bond acceptors (Lipinski definition) is 1. The second-order valence-electron chi connectivity index (χ2n) is 3.85. The monoisotopic (exact) mass is 214 g/mol. The van der Waals surface area contributed by atoms with Gasteiger partial charge in [0.1, 0.15) is 0 Å². The number of pyridine rings is 1. The number of halogens is 1. The van der Waals surface area contributed by atoms with Crippen molar-refractivity contribution in [2.45, 2.75) is 13.2 Å². The molecule has 0 aliphatic rings. The van der Waals surface area contributed by atoms with E-state index in [9.17, 15) is 4.39 Å². The quantitative estimate of drug-likeness (QED) is 0.604. The van der Waals surface area contributed by atoms with Crippen molar-refractivity contribution in [3.05, 3.63) is 42.7 Å². The minimum Gasteiger partial charge on any atom is -0.308 e. The Hall–Kier alpha value is -1.90. The molecule has 0 N–H and O–H groups in total. The summed E-state index contributed by atoms with van der Waals surface area (Å²) >= 11 is 0. The summed E-state index contributed by atoms with van der Waals surface area (Å²) in [5.74, 6) is 0. The molecule has 0 fully saturated rings. The third kappa shape index (κ3) is 1.14. The molecule has 0 radical (unpaired) electrons. The molecule has 2 nitrogen and oxygen atoms in total. The third-order valence-corrected chi connectivity index (χ3v) is 2.87. The molecule has 0 aliphatic heterocycles. The van der Waals surface area contributed by atoms with Crippen LogP contribution in [0.2, 0.25) is 0 Å². The fraction of sp³-hybridized carbons (Fsp3) is 0.154. The van der Waals surface area contributed by atoms with E-state index >= 15 is 0 Å². The minimum absolute atomic E-state index is 0.846. The lowest BCUT2D eigenvalue weighted by atomic mass is 10.2. The van der Waals surface area contributed by atoms with Gasteiger partial charge in [-0.25, -0.2) is 4.39 Å². The predicted molar refractivity (Wildman–Crippen MR) is 63.1 cm³/mol. The summed E-state index contributed by atoms with van der Waals surface area (Å²) < 4.78 is 15.3. The van der Waals surface area contributed by atoms with Crippen LogP contribution in [0, 0.1) is 0 Å². The van der Waals surface area contributed by atoms with Gasteiger partial charge in [-0.15, -0.1) is 0 Å². The lowest BCUT2D eigenvalue weighted by Gasteiger charge is -2.07. The molecule has 3 heteroatoms. The summed E-state index contributed by atoms with van der Waals surface area (Å²) in [4.78, 5) is 4.06. The van der Waals surface area contributed by atoms with E-state index in [-0.39, 0.29) is 0 Å². The molecule has 1 atom stereocenters. The third-order valence-electron chi connectivity index (χ3n) is 2.87.